The Bertz CT molecular complexity index is 1750. The molecule has 0 spiro atoms. The van der Waals surface area contributed by atoms with E-state index < -0.39 is 9.84 Å². The number of aryl methyl sites for hydroxylation is 1. The molecule has 7 nitrogen and oxygen atoms in total. The Morgan fingerprint density at radius 1 is 0.842 bits per heavy atom. The molecule has 38 heavy (non-hydrogen) atoms. The van der Waals surface area contributed by atoms with Gasteiger partial charge in [0.1, 0.15) is 16.2 Å². The SMILES string of the molecule is Cc1ccc(S(=O)(=O)c2c(NC(=O)c3ccccc3)n(C3CCCCC3)c3nc4ccccc4nc23)cc1. The molecule has 2 aromatic heterocycles. The maximum Gasteiger partial charge on any atom is 0.256 e. The van der Waals surface area contributed by atoms with Crippen LogP contribution in [0.4, 0.5) is 5.82 Å². The number of fused-ring (bicyclic) bond motifs is 2. The van der Waals surface area contributed by atoms with Crippen LogP contribution in [0, 0.1) is 6.92 Å². The molecule has 0 aliphatic heterocycles. The molecule has 0 saturated heterocycles. The van der Waals surface area contributed by atoms with Crippen LogP contribution in [0.15, 0.2) is 88.7 Å². The van der Waals surface area contributed by atoms with E-state index in [1.165, 1.54) is 0 Å². The molecule has 1 aliphatic carbocycles. The summed E-state index contributed by atoms with van der Waals surface area (Å²) < 4.78 is 30.5. The predicted molar refractivity (Wildman–Crippen MR) is 148 cm³/mol. The van der Waals surface area contributed by atoms with E-state index in [1.54, 1.807) is 48.5 Å². The van der Waals surface area contributed by atoms with Crippen molar-refractivity contribution in [2.45, 2.75) is 54.9 Å². The minimum absolute atomic E-state index is 0.00486. The number of rotatable bonds is 5. The molecule has 1 amide bonds. The number of nitrogens with zero attached hydrogens (tertiary/aromatic N) is 3. The van der Waals surface area contributed by atoms with Gasteiger partial charge in [0.25, 0.3) is 5.91 Å². The van der Waals surface area contributed by atoms with Crippen molar-refractivity contribution in [1.82, 2.24) is 14.5 Å². The van der Waals surface area contributed by atoms with Gasteiger partial charge in [-0.2, -0.15) is 0 Å². The molecule has 1 saturated carbocycles. The van der Waals surface area contributed by atoms with Gasteiger partial charge in [-0.1, -0.05) is 67.3 Å². The molecular formula is C30H28N4O3S. The van der Waals surface area contributed by atoms with Gasteiger partial charge in [0.2, 0.25) is 9.84 Å². The summed E-state index contributed by atoms with van der Waals surface area (Å²) in [7, 11) is -4.07. The van der Waals surface area contributed by atoms with Gasteiger partial charge < -0.3 is 9.88 Å². The molecule has 0 atom stereocenters. The molecule has 6 rings (SSSR count). The molecule has 1 fully saturated rings. The van der Waals surface area contributed by atoms with Gasteiger partial charge >= 0.3 is 0 Å². The Morgan fingerprint density at radius 3 is 2.16 bits per heavy atom. The van der Waals surface area contributed by atoms with Gasteiger partial charge in [-0.25, -0.2) is 18.4 Å². The van der Waals surface area contributed by atoms with Crippen LogP contribution in [0.3, 0.4) is 0 Å². The monoisotopic (exact) mass is 524 g/mol. The maximum absolute atomic E-state index is 14.3. The Labute approximate surface area is 221 Å². The topological polar surface area (TPSA) is 94.0 Å². The van der Waals surface area contributed by atoms with E-state index >= 15 is 0 Å². The van der Waals surface area contributed by atoms with Gasteiger partial charge in [0.15, 0.2) is 5.65 Å². The van der Waals surface area contributed by atoms with Gasteiger partial charge in [-0.3, -0.25) is 4.79 Å². The molecule has 0 bridgehead atoms. The normalized spacial score (nSPS) is 14.7. The highest BCUT2D eigenvalue weighted by Gasteiger charge is 2.35. The third-order valence-electron chi connectivity index (χ3n) is 7.26. The lowest BCUT2D eigenvalue weighted by Gasteiger charge is -2.26. The van der Waals surface area contributed by atoms with Gasteiger partial charge in [0.05, 0.1) is 15.9 Å². The summed E-state index contributed by atoms with van der Waals surface area (Å²) in [5.74, 6) is -0.146. The standard InChI is InChI=1S/C30H28N4O3S/c1-20-16-18-23(19-17-20)38(36,37)27-26-28(32-25-15-9-8-14-24(25)31-26)34(22-12-6-3-7-13-22)29(27)33-30(35)21-10-4-2-5-11-21/h2,4-5,8-11,14-19,22H,3,6-7,12-13H2,1H3,(H,33,35). The van der Waals surface area contributed by atoms with Crippen molar-refractivity contribution >= 4 is 43.8 Å². The molecule has 5 aromatic rings. The highest BCUT2D eigenvalue weighted by molar-refractivity contribution is 7.92. The Morgan fingerprint density at radius 2 is 1.47 bits per heavy atom. The molecular weight excluding hydrogens is 496 g/mol. The van der Waals surface area contributed by atoms with Crippen LogP contribution >= 0.6 is 0 Å². The number of hydrogen-bond donors (Lipinski definition) is 1. The van der Waals surface area contributed by atoms with E-state index in [4.69, 9.17) is 9.97 Å². The zero-order valence-electron chi connectivity index (χ0n) is 21.1. The number of aromatic nitrogens is 3. The first-order valence-electron chi connectivity index (χ1n) is 12.9. The molecule has 0 unspecified atom stereocenters. The lowest BCUT2D eigenvalue weighted by Crippen LogP contribution is -2.21. The second-order valence-electron chi connectivity index (χ2n) is 9.86. The van der Waals surface area contributed by atoms with E-state index in [0.717, 1.165) is 37.7 Å². The highest BCUT2D eigenvalue weighted by Crippen LogP contribution is 2.42. The Hall–Kier alpha value is -4.04. The van der Waals surface area contributed by atoms with E-state index in [9.17, 15) is 13.2 Å². The average molecular weight is 525 g/mol. The minimum Gasteiger partial charge on any atom is -0.307 e. The molecule has 3 aromatic carbocycles. The van der Waals surface area contributed by atoms with E-state index in [1.807, 2.05) is 41.8 Å². The van der Waals surface area contributed by atoms with E-state index in [0.29, 0.717) is 22.2 Å². The van der Waals surface area contributed by atoms with Crippen LogP contribution in [0.1, 0.15) is 54.1 Å². The van der Waals surface area contributed by atoms with Crippen molar-refractivity contribution in [3.8, 4) is 0 Å². The number of benzene rings is 3. The van der Waals surface area contributed by atoms with Crippen molar-refractivity contribution in [2.24, 2.45) is 0 Å². The van der Waals surface area contributed by atoms with E-state index in [-0.39, 0.29) is 33.1 Å². The number of para-hydroxylation sites is 2. The Balaban J connectivity index is 1.67. The zero-order chi connectivity index (χ0) is 26.3. The average Bonchev–Trinajstić information content (AvgIpc) is 3.26. The van der Waals surface area contributed by atoms with Gasteiger partial charge in [0, 0.05) is 11.6 Å². The summed E-state index contributed by atoms with van der Waals surface area (Å²) in [6.07, 6.45) is 4.92. The highest BCUT2D eigenvalue weighted by atomic mass is 32.2. The predicted octanol–water partition coefficient (Wildman–Crippen LogP) is 6.48. The van der Waals surface area contributed by atoms with Gasteiger partial charge in [-0.15, -0.1) is 0 Å². The van der Waals surface area contributed by atoms with Crippen LogP contribution in [0.2, 0.25) is 0 Å². The fourth-order valence-electron chi connectivity index (χ4n) is 5.31. The number of hydrogen-bond acceptors (Lipinski definition) is 5. The number of sulfone groups is 1. The summed E-state index contributed by atoms with van der Waals surface area (Å²) in [4.78, 5) is 23.3. The van der Waals surface area contributed by atoms with Crippen LogP contribution in [-0.2, 0) is 9.84 Å². The summed E-state index contributed by atoms with van der Waals surface area (Å²) in [6, 6.07) is 23.0. The lowest BCUT2D eigenvalue weighted by molar-refractivity contribution is 0.102. The fourth-order valence-corrected chi connectivity index (χ4v) is 6.83. The molecule has 1 N–H and O–H groups in total. The second-order valence-corrected chi connectivity index (χ2v) is 11.7. The first kappa shape index (κ1) is 24.3. The molecule has 2 heterocycles. The first-order valence-corrected chi connectivity index (χ1v) is 14.4. The molecule has 0 radical (unpaired) electrons. The number of carbonyl (C=O) groups is 1. The van der Waals surface area contributed by atoms with Gasteiger partial charge in [-0.05, 0) is 56.2 Å². The third-order valence-corrected chi connectivity index (χ3v) is 9.08. The minimum atomic E-state index is -4.07. The summed E-state index contributed by atoms with van der Waals surface area (Å²) in [6.45, 7) is 1.91. The van der Waals surface area contributed by atoms with Crippen molar-refractivity contribution in [3.63, 3.8) is 0 Å². The van der Waals surface area contributed by atoms with Crippen molar-refractivity contribution < 1.29 is 13.2 Å². The van der Waals surface area contributed by atoms with Crippen molar-refractivity contribution in [3.05, 3.63) is 90.0 Å². The fraction of sp³-hybridized carbons (Fsp3) is 0.233. The number of amides is 1. The van der Waals surface area contributed by atoms with E-state index in [2.05, 4.69) is 5.32 Å². The van der Waals surface area contributed by atoms with Crippen molar-refractivity contribution in [1.29, 1.82) is 0 Å². The first-order chi connectivity index (χ1) is 18.4. The quantitative estimate of drug-likeness (QED) is 0.284. The summed E-state index contributed by atoms with van der Waals surface area (Å²) in [5, 5.41) is 2.99. The second kappa shape index (κ2) is 9.68. The van der Waals surface area contributed by atoms with Crippen molar-refractivity contribution in [2.75, 3.05) is 5.32 Å². The third kappa shape index (κ3) is 4.24. The van der Waals surface area contributed by atoms with Crippen LogP contribution in [-0.4, -0.2) is 28.9 Å². The maximum atomic E-state index is 14.3. The summed E-state index contributed by atoms with van der Waals surface area (Å²) in [5.41, 5.74) is 3.43. The largest absolute Gasteiger partial charge is 0.307 e. The molecule has 1 aliphatic rings. The van der Waals surface area contributed by atoms with Crippen LogP contribution < -0.4 is 5.32 Å². The number of anilines is 1. The van der Waals surface area contributed by atoms with Crippen LogP contribution in [0.25, 0.3) is 22.2 Å². The smallest absolute Gasteiger partial charge is 0.256 e. The number of nitrogens with one attached hydrogen (secondary N) is 1. The summed E-state index contributed by atoms with van der Waals surface area (Å²) >= 11 is 0. The Kier molecular flexibility index (Phi) is 6.19. The zero-order valence-corrected chi connectivity index (χ0v) is 21.9. The molecule has 8 heteroatoms. The number of carbonyl (C=O) groups excluding carboxylic acids is 1. The van der Waals surface area contributed by atoms with Crippen LogP contribution in [0.5, 0.6) is 0 Å². The lowest BCUT2D eigenvalue weighted by atomic mass is 9.95. The molecule has 192 valence electrons.